The molecule has 122 valence electrons. The summed E-state index contributed by atoms with van der Waals surface area (Å²) in [5.41, 5.74) is 2.45. The zero-order chi connectivity index (χ0) is 17.0. The van der Waals surface area contributed by atoms with Gasteiger partial charge in [0.1, 0.15) is 11.6 Å². The van der Waals surface area contributed by atoms with Gasteiger partial charge in [-0.1, -0.05) is 39.0 Å². The summed E-state index contributed by atoms with van der Waals surface area (Å²) in [5, 5.41) is 2.62. The van der Waals surface area contributed by atoms with Crippen LogP contribution in [0.15, 0.2) is 42.5 Å². The predicted octanol–water partition coefficient (Wildman–Crippen LogP) is 4.45. The standard InChI is InChI=1S/C19H22FNO2/c1-13-8-9-16(19(2,3)4)17(10-13)23-12-18(22)21-15-7-5-6-14(20)11-15/h5-11H,12H2,1-4H3,(H,21,22). The molecule has 0 aliphatic rings. The molecule has 1 N–H and O–H groups in total. The minimum absolute atomic E-state index is 0.0813. The van der Waals surface area contributed by atoms with Crippen molar-refractivity contribution in [2.75, 3.05) is 11.9 Å². The molecule has 0 aromatic heterocycles. The third-order valence-corrected chi connectivity index (χ3v) is 3.41. The minimum Gasteiger partial charge on any atom is -0.483 e. The Hall–Kier alpha value is -2.36. The van der Waals surface area contributed by atoms with Crippen LogP contribution in [0.25, 0.3) is 0 Å². The van der Waals surface area contributed by atoms with Crippen molar-refractivity contribution in [2.45, 2.75) is 33.1 Å². The maximum atomic E-state index is 13.1. The molecule has 0 bridgehead atoms. The van der Waals surface area contributed by atoms with Gasteiger partial charge in [0.25, 0.3) is 5.91 Å². The lowest BCUT2D eigenvalue weighted by atomic mass is 9.86. The zero-order valence-electron chi connectivity index (χ0n) is 13.9. The van der Waals surface area contributed by atoms with Crippen molar-refractivity contribution in [3.8, 4) is 5.75 Å². The highest BCUT2D eigenvalue weighted by Crippen LogP contribution is 2.32. The van der Waals surface area contributed by atoms with Gasteiger partial charge in [-0.25, -0.2) is 4.39 Å². The van der Waals surface area contributed by atoms with Gasteiger partial charge >= 0.3 is 0 Å². The van der Waals surface area contributed by atoms with Crippen molar-refractivity contribution >= 4 is 11.6 Å². The molecule has 1 amide bonds. The van der Waals surface area contributed by atoms with E-state index in [4.69, 9.17) is 4.74 Å². The number of carbonyl (C=O) groups is 1. The molecule has 0 heterocycles. The van der Waals surface area contributed by atoms with Crippen molar-refractivity contribution in [1.82, 2.24) is 0 Å². The van der Waals surface area contributed by atoms with Crippen LogP contribution in [0, 0.1) is 12.7 Å². The fourth-order valence-electron chi connectivity index (χ4n) is 2.28. The van der Waals surface area contributed by atoms with Gasteiger partial charge in [-0.3, -0.25) is 4.79 Å². The van der Waals surface area contributed by atoms with Gasteiger partial charge in [0, 0.05) is 5.69 Å². The SMILES string of the molecule is Cc1ccc(C(C)(C)C)c(OCC(=O)Nc2cccc(F)c2)c1. The predicted molar refractivity (Wildman–Crippen MR) is 90.4 cm³/mol. The number of hydrogen-bond donors (Lipinski definition) is 1. The van der Waals surface area contributed by atoms with Crippen molar-refractivity contribution in [3.05, 3.63) is 59.4 Å². The average Bonchev–Trinajstić information content (AvgIpc) is 2.44. The van der Waals surface area contributed by atoms with E-state index < -0.39 is 5.82 Å². The van der Waals surface area contributed by atoms with E-state index in [-0.39, 0.29) is 17.9 Å². The van der Waals surface area contributed by atoms with Crippen LogP contribution in [0.3, 0.4) is 0 Å². The van der Waals surface area contributed by atoms with Gasteiger partial charge in [-0.2, -0.15) is 0 Å². The van der Waals surface area contributed by atoms with Gasteiger partial charge in [0.15, 0.2) is 6.61 Å². The highest BCUT2D eigenvalue weighted by molar-refractivity contribution is 5.91. The van der Waals surface area contributed by atoms with Crippen molar-refractivity contribution in [2.24, 2.45) is 0 Å². The topological polar surface area (TPSA) is 38.3 Å². The molecule has 0 saturated heterocycles. The average molecular weight is 315 g/mol. The summed E-state index contributed by atoms with van der Waals surface area (Å²) < 4.78 is 18.8. The third kappa shape index (κ3) is 4.81. The Morgan fingerprint density at radius 1 is 1.17 bits per heavy atom. The van der Waals surface area contributed by atoms with Gasteiger partial charge in [0.05, 0.1) is 0 Å². The first-order valence-electron chi connectivity index (χ1n) is 7.55. The smallest absolute Gasteiger partial charge is 0.262 e. The molecule has 23 heavy (non-hydrogen) atoms. The van der Waals surface area contributed by atoms with Gasteiger partial charge < -0.3 is 10.1 Å². The molecule has 0 fully saturated rings. The van der Waals surface area contributed by atoms with Crippen molar-refractivity contribution < 1.29 is 13.9 Å². The van der Waals surface area contributed by atoms with Crippen LogP contribution in [-0.2, 0) is 10.2 Å². The number of halogens is 1. The summed E-state index contributed by atoms with van der Waals surface area (Å²) in [4.78, 5) is 12.0. The molecule has 4 heteroatoms. The molecule has 3 nitrogen and oxygen atoms in total. The molecule has 0 spiro atoms. The van der Waals surface area contributed by atoms with Crippen molar-refractivity contribution in [3.63, 3.8) is 0 Å². The Balaban J connectivity index is 2.06. The van der Waals surface area contributed by atoms with E-state index in [1.54, 1.807) is 12.1 Å². The number of ether oxygens (including phenoxy) is 1. The summed E-state index contributed by atoms with van der Waals surface area (Å²) in [6, 6.07) is 11.8. The first kappa shape index (κ1) is 17.0. The van der Waals surface area contributed by atoms with Crippen LogP contribution in [-0.4, -0.2) is 12.5 Å². The Morgan fingerprint density at radius 2 is 1.91 bits per heavy atom. The van der Waals surface area contributed by atoms with Gasteiger partial charge in [0.2, 0.25) is 0 Å². The molecule has 2 aromatic rings. The molecular weight excluding hydrogens is 293 g/mol. The maximum Gasteiger partial charge on any atom is 0.262 e. The fraction of sp³-hybridized carbons (Fsp3) is 0.316. The number of anilines is 1. The molecule has 0 atom stereocenters. The van der Waals surface area contributed by atoms with Gasteiger partial charge in [-0.05, 0) is 47.7 Å². The number of hydrogen-bond acceptors (Lipinski definition) is 2. The summed E-state index contributed by atoms with van der Waals surface area (Å²) in [6.45, 7) is 8.14. The number of benzene rings is 2. The second-order valence-electron chi connectivity index (χ2n) is 6.60. The first-order valence-corrected chi connectivity index (χ1v) is 7.55. The normalized spacial score (nSPS) is 11.2. The van der Waals surface area contributed by atoms with Crippen LogP contribution in [0.5, 0.6) is 5.75 Å². The van der Waals surface area contributed by atoms with E-state index in [1.807, 2.05) is 25.1 Å². The Labute approximate surface area is 136 Å². The minimum atomic E-state index is -0.391. The van der Waals surface area contributed by atoms with E-state index in [1.165, 1.54) is 12.1 Å². The largest absolute Gasteiger partial charge is 0.483 e. The van der Waals surface area contributed by atoms with E-state index in [2.05, 4.69) is 26.1 Å². The van der Waals surface area contributed by atoms with E-state index in [0.717, 1.165) is 11.1 Å². The number of carbonyl (C=O) groups excluding carboxylic acids is 1. The quantitative estimate of drug-likeness (QED) is 0.905. The van der Waals surface area contributed by atoms with Crippen molar-refractivity contribution in [1.29, 1.82) is 0 Å². The molecule has 2 rings (SSSR count). The van der Waals surface area contributed by atoms with Crippen LogP contribution in [0.2, 0.25) is 0 Å². The van der Waals surface area contributed by atoms with E-state index >= 15 is 0 Å². The maximum absolute atomic E-state index is 13.1. The number of rotatable bonds is 4. The Kier molecular flexibility index (Phi) is 5.04. The van der Waals surface area contributed by atoms with E-state index in [0.29, 0.717) is 11.4 Å². The highest BCUT2D eigenvalue weighted by Gasteiger charge is 2.19. The molecule has 0 saturated carbocycles. The third-order valence-electron chi connectivity index (χ3n) is 3.41. The second kappa shape index (κ2) is 6.82. The lowest BCUT2D eigenvalue weighted by Crippen LogP contribution is -2.22. The van der Waals surface area contributed by atoms with Crippen LogP contribution < -0.4 is 10.1 Å². The molecule has 2 aromatic carbocycles. The van der Waals surface area contributed by atoms with Crippen LogP contribution in [0.4, 0.5) is 10.1 Å². The van der Waals surface area contributed by atoms with Gasteiger partial charge in [-0.15, -0.1) is 0 Å². The Morgan fingerprint density at radius 3 is 2.57 bits per heavy atom. The second-order valence-corrected chi connectivity index (χ2v) is 6.60. The molecule has 0 radical (unpaired) electrons. The number of aryl methyl sites for hydroxylation is 1. The number of nitrogens with one attached hydrogen (secondary N) is 1. The Bertz CT molecular complexity index is 705. The summed E-state index contributed by atoms with van der Waals surface area (Å²) in [5.74, 6) is -0.0127. The number of amides is 1. The lowest BCUT2D eigenvalue weighted by Gasteiger charge is -2.23. The molecular formula is C19H22FNO2. The molecule has 0 aliphatic carbocycles. The molecule has 0 aliphatic heterocycles. The highest BCUT2D eigenvalue weighted by atomic mass is 19.1. The lowest BCUT2D eigenvalue weighted by molar-refractivity contribution is -0.118. The molecule has 0 unspecified atom stereocenters. The summed E-state index contributed by atoms with van der Waals surface area (Å²) in [6.07, 6.45) is 0. The monoisotopic (exact) mass is 315 g/mol. The summed E-state index contributed by atoms with van der Waals surface area (Å²) >= 11 is 0. The van der Waals surface area contributed by atoms with Crippen LogP contribution in [0.1, 0.15) is 31.9 Å². The summed E-state index contributed by atoms with van der Waals surface area (Å²) in [7, 11) is 0. The zero-order valence-corrected chi connectivity index (χ0v) is 13.9. The first-order chi connectivity index (χ1) is 10.8. The fourth-order valence-corrected chi connectivity index (χ4v) is 2.28. The van der Waals surface area contributed by atoms with Crippen LogP contribution >= 0.6 is 0 Å². The van der Waals surface area contributed by atoms with E-state index in [9.17, 15) is 9.18 Å².